The molecule has 0 spiro atoms. The lowest BCUT2D eigenvalue weighted by Gasteiger charge is -2.39. The van der Waals surface area contributed by atoms with Crippen LogP contribution in [0, 0.1) is 0 Å². The van der Waals surface area contributed by atoms with Crippen molar-refractivity contribution in [3.8, 4) is 0 Å². The van der Waals surface area contributed by atoms with Crippen molar-refractivity contribution < 1.29 is 14.3 Å². The highest BCUT2D eigenvalue weighted by atomic mass is 32.1. The van der Waals surface area contributed by atoms with Gasteiger partial charge in [-0.3, -0.25) is 14.9 Å². The maximum absolute atomic E-state index is 11.9. The van der Waals surface area contributed by atoms with E-state index in [-0.39, 0.29) is 18.4 Å². The predicted molar refractivity (Wildman–Crippen MR) is 80.3 cm³/mol. The molecule has 2 amide bonds. The Labute approximate surface area is 127 Å². The van der Waals surface area contributed by atoms with Crippen LogP contribution < -0.4 is 15.5 Å². The van der Waals surface area contributed by atoms with Crippen molar-refractivity contribution in [2.45, 2.75) is 25.9 Å². The molecule has 1 fully saturated rings. The van der Waals surface area contributed by atoms with E-state index in [2.05, 4.69) is 15.6 Å². The molecule has 0 saturated carbocycles. The van der Waals surface area contributed by atoms with Crippen molar-refractivity contribution in [2.24, 2.45) is 0 Å². The van der Waals surface area contributed by atoms with Crippen LogP contribution in [0.1, 0.15) is 18.7 Å². The molecule has 0 radical (unpaired) electrons. The third kappa shape index (κ3) is 3.58. The van der Waals surface area contributed by atoms with E-state index in [1.54, 1.807) is 32.1 Å². The summed E-state index contributed by atoms with van der Waals surface area (Å²) in [5, 5.41) is 6.28. The van der Waals surface area contributed by atoms with Gasteiger partial charge in [-0.2, -0.15) is 0 Å². The van der Waals surface area contributed by atoms with E-state index >= 15 is 0 Å². The van der Waals surface area contributed by atoms with E-state index in [4.69, 9.17) is 4.74 Å². The highest BCUT2D eigenvalue weighted by molar-refractivity contribution is 7.15. The summed E-state index contributed by atoms with van der Waals surface area (Å²) >= 11 is 1.48. The molecule has 1 saturated heterocycles. The van der Waals surface area contributed by atoms with Gasteiger partial charge >= 0.3 is 0 Å². The monoisotopic (exact) mass is 312 g/mol. The fourth-order valence-corrected chi connectivity index (χ4v) is 3.00. The maximum atomic E-state index is 11.9. The van der Waals surface area contributed by atoms with E-state index < -0.39 is 5.54 Å². The summed E-state index contributed by atoms with van der Waals surface area (Å²) in [6.45, 7) is 5.82. The average molecular weight is 312 g/mol. The van der Waals surface area contributed by atoms with Gasteiger partial charge in [-0.1, -0.05) is 0 Å². The Kier molecular flexibility index (Phi) is 4.92. The van der Waals surface area contributed by atoms with Crippen LogP contribution in [0.2, 0.25) is 0 Å². The van der Waals surface area contributed by atoms with Gasteiger partial charge in [0.05, 0.1) is 6.61 Å². The largest absolute Gasteiger partial charge is 0.383 e. The van der Waals surface area contributed by atoms with Crippen LogP contribution in [0.3, 0.4) is 0 Å². The first-order valence-electron chi connectivity index (χ1n) is 6.71. The predicted octanol–water partition coefficient (Wildman–Crippen LogP) is 0.121. The van der Waals surface area contributed by atoms with E-state index in [0.717, 1.165) is 11.4 Å². The molecule has 0 atom stereocenters. The van der Waals surface area contributed by atoms with Gasteiger partial charge in [0, 0.05) is 31.3 Å². The number of ether oxygens (including phenoxy) is 1. The zero-order valence-corrected chi connectivity index (χ0v) is 13.2. The third-order valence-corrected chi connectivity index (χ3v) is 4.36. The van der Waals surface area contributed by atoms with Crippen LogP contribution in [-0.2, 0) is 20.9 Å². The smallest absolute Gasteiger partial charge is 0.251 e. The molecule has 1 aromatic heterocycles. The number of carbonyl (C=O) groups is 2. The van der Waals surface area contributed by atoms with Crippen LogP contribution in [0.15, 0.2) is 6.20 Å². The molecule has 2 N–H and O–H groups in total. The molecule has 2 heterocycles. The van der Waals surface area contributed by atoms with E-state index in [1.807, 2.05) is 0 Å². The molecule has 1 aromatic rings. The van der Waals surface area contributed by atoms with Gasteiger partial charge in [0.2, 0.25) is 5.91 Å². The van der Waals surface area contributed by atoms with Crippen LogP contribution in [0.5, 0.6) is 0 Å². The Hall–Kier alpha value is -1.51. The second kappa shape index (κ2) is 6.50. The number of anilines is 1. The normalized spacial score (nSPS) is 18.0. The SMILES string of the molecule is COCCNCc1cnc(N2CC(=O)NC(=O)C2(C)C)s1. The fourth-order valence-electron chi connectivity index (χ4n) is 1.98. The number of carbonyl (C=O) groups excluding carboxylic acids is 2. The van der Waals surface area contributed by atoms with Gasteiger partial charge in [-0.15, -0.1) is 11.3 Å². The van der Waals surface area contributed by atoms with Crippen LogP contribution in [0.4, 0.5) is 5.13 Å². The van der Waals surface area contributed by atoms with Crippen molar-refractivity contribution in [2.75, 3.05) is 31.7 Å². The van der Waals surface area contributed by atoms with Crippen molar-refractivity contribution in [3.63, 3.8) is 0 Å². The summed E-state index contributed by atoms with van der Waals surface area (Å²) < 4.78 is 4.97. The number of nitrogens with zero attached hydrogens (tertiary/aromatic N) is 2. The summed E-state index contributed by atoms with van der Waals surface area (Å²) in [7, 11) is 1.66. The van der Waals surface area contributed by atoms with E-state index in [0.29, 0.717) is 18.3 Å². The molecule has 1 aliphatic heterocycles. The molecule has 8 heteroatoms. The Morgan fingerprint density at radius 2 is 2.29 bits per heavy atom. The summed E-state index contributed by atoms with van der Waals surface area (Å²) in [6.07, 6.45) is 1.77. The number of methoxy groups -OCH3 is 1. The summed E-state index contributed by atoms with van der Waals surface area (Å²) in [6, 6.07) is 0. The Balaban J connectivity index is 2.05. The summed E-state index contributed by atoms with van der Waals surface area (Å²) in [5.41, 5.74) is -0.785. The van der Waals surface area contributed by atoms with Crippen molar-refractivity contribution in [1.82, 2.24) is 15.6 Å². The van der Waals surface area contributed by atoms with Crippen LogP contribution >= 0.6 is 11.3 Å². The number of nitrogens with one attached hydrogen (secondary N) is 2. The number of aromatic nitrogens is 1. The van der Waals surface area contributed by atoms with Gasteiger partial charge in [0.25, 0.3) is 5.91 Å². The zero-order chi connectivity index (χ0) is 15.5. The van der Waals surface area contributed by atoms with Crippen molar-refractivity contribution in [3.05, 3.63) is 11.1 Å². The van der Waals surface area contributed by atoms with Crippen molar-refractivity contribution in [1.29, 1.82) is 0 Å². The fraction of sp³-hybridized carbons (Fsp3) is 0.615. The van der Waals surface area contributed by atoms with Gasteiger partial charge in [0.15, 0.2) is 5.13 Å². The highest BCUT2D eigenvalue weighted by Crippen LogP contribution is 2.30. The molecule has 0 bridgehead atoms. The lowest BCUT2D eigenvalue weighted by molar-refractivity contribution is -0.135. The molecular weight excluding hydrogens is 292 g/mol. The van der Waals surface area contributed by atoms with Gasteiger partial charge in [-0.25, -0.2) is 4.98 Å². The lowest BCUT2D eigenvalue weighted by atomic mass is 10.00. The Morgan fingerprint density at radius 3 is 3.00 bits per heavy atom. The number of thiazole rings is 1. The molecule has 1 aliphatic rings. The molecule has 7 nitrogen and oxygen atoms in total. The Morgan fingerprint density at radius 1 is 1.52 bits per heavy atom. The first-order valence-corrected chi connectivity index (χ1v) is 7.53. The topological polar surface area (TPSA) is 83.6 Å². The minimum atomic E-state index is -0.785. The number of amides is 2. The number of hydrogen-bond acceptors (Lipinski definition) is 7. The number of rotatable bonds is 6. The molecule has 0 unspecified atom stereocenters. The van der Waals surface area contributed by atoms with E-state index in [1.165, 1.54) is 11.3 Å². The lowest BCUT2D eigenvalue weighted by Crippen LogP contribution is -2.64. The quantitative estimate of drug-likeness (QED) is 0.573. The number of hydrogen-bond donors (Lipinski definition) is 2. The van der Waals surface area contributed by atoms with Gasteiger partial charge < -0.3 is 15.0 Å². The standard InChI is InChI=1S/C13H20N4O3S/c1-13(2)11(19)16-10(18)8-17(13)12-15-7-9(21-12)6-14-4-5-20-3/h7,14H,4-6,8H2,1-3H3,(H,16,18,19). The van der Waals surface area contributed by atoms with Gasteiger partial charge in [-0.05, 0) is 13.8 Å². The van der Waals surface area contributed by atoms with Gasteiger partial charge in [0.1, 0.15) is 12.1 Å². The zero-order valence-electron chi connectivity index (χ0n) is 12.4. The van der Waals surface area contributed by atoms with E-state index in [9.17, 15) is 9.59 Å². The van der Waals surface area contributed by atoms with Crippen LogP contribution in [-0.4, -0.2) is 49.1 Å². The summed E-state index contributed by atoms with van der Waals surface area (Å²) in [4.78, 5) is 30.7. The summed E-state index contributed by atoms with van der Waals surface area (Å²) in [5.74, 6) is -0.594. The second-order valence-corrected chi connectivity index (χ2v) is 6.39. The average Bonchev–Trinajstić information content (AvgIpc) is 2.88. The molecule has 0 aliphatic carbocycles. The minimum absolute atomic E-state index is 0.142. The van der Waals surface area contributed by atoms with Crippen molar-refractivity contribution >= 4 is 28.3 Å². The second-order valence-electron chi connectivity index (χ2n) is 5.30. The molecule has 0 aromatic carbocycles. The molecular formula is C13H20N4O3S. The number of imide groups is 1. The van der Waals surface area contributed by atoms with Crippen LogP contribution in [0.25, 0.3) is 0 Å². The first kappa shape index (κ1) is 15.9. The first-order chi connectivity index (χ1) is 9.95. The number of piperazine rings is 1. The molecule has 116 valence electrons. The highest BCUT2D eigenvalue weighted by Gasteiger charge is 2.42. The molecule has 21 heavy (non-hydrogen) atoms. The minimum Gasteiger partial charge on any atom is -0.383 e. The third-order valence-electron chi connectivity index (χ3n) is 3.34. The molecule has 2 rings (SSSR count). The Bertz CT molecular complexity index is 529. The maximum Gasteiger partial charge on any atom is 0.251 e.